The van der Waals surface area contributed by atoms with Gasteiger partial charge in [-0.05, 0) is 35.9 Å². The minimum Gasteiger partial charge on any atom is -0.348 e. The predicted molar refractivity (Wildman–Crippen MR) is 94.1 cm³/mol. The summed E-state index contributed by atoms with van der Waals surface area (Å²) in [5.41, 5.74) is 3.26. The van der Waals surface area contributed by atoms with E-state index in [9.17, 15) is 9.59 Å². The van der Waals surface area contributed by atoms with Gasteiger partial charge in [0.2, 0.25) is 0 Å². The molecule has 7 heteroatoms. The zero-order valence-corrected chi connectivity index (χ0v) is 13.7. The molecule has 0 saturated carbocycles. The highest BCUT2D eigenvalue weighted by Crippen LogP contribution is 2.21. The van der Waals surface area contributed by atoms with Crippen molar-refractivity contribution in [3.8, 4) is 5.69 Å². The van der Waals surface area contributed by atoms with Gasteiger partial charge >= 0.3 is 0 Å². The molecule has 0 saturated heterocycles. The Morgan fingerprint density at radius 1 is 1.24 bits per heavy atom. The van der Waals surface area contributed by atoms with Gasteiger partial charge < -0.3 is 10.6 Å². The predicted octanol–water partition coefficient (Wildman–Crippen LogP) is 3.02. The maximum atomic E-state index is 12.4. The summed E-state index contributed by atoms with van der Waals surface area (Å²) in [6.45, 7) is 0.523. The van der Waals surface area contributed by atoms with Crippen LogP contribution in [0.3, 0.4) is 0 Å². The van der Waals surface area contributed by atoms with Gasteiger partial charge in [-0.25, -0.2) is 4.68 Å². The first-order valence-corrected chi connectivity index (χ1v) is 8.01. The molecule has 0 radical (unpaired) electrons. The van der Waals surface area contributed by atoms with Gasteiger partial charge in [-0.1, -0.05) is 23.7 Å². The molecule has 2 heterocycles. The molecule has 0 atom stereocenters. The molecule has 25 heavy (non-hydrogen) atoms. The first kappa shape index (κ1) is 15.4. The van der Waals surface area contributed by atoms with E-state index in [0.29, 0.717) is 28.4 Å². The third kappa shape index (κ3) is 2.99. The molecule has 0 aliphatic carbocycles. The van der Waals surface area contributed by atoms with Gasteiger partial charge in [-0.15, -0.1) is 0 Å². The van der Waals surface area contributed by atoms with E-state index in [1.54, 1.807) is 35.1 Å². The van der Waals surface area contributed by atoms with Crippen molar-refractivity contribution in [2.45, 2.75) is 6.54 Å². The van der Waals surface area contributed by atoms with Crippen molar-refractivity contribution in [2.75, 3.05) is 5.32 Å². The molecule has 6 nitrogen and oxygen atoms in total. The summed E-state index contributed by atoms with van der Waals surface area (Å²) in [4.78, 5) is 24.1. The molecule has 1 aliphatic rings. The molecule has 3 aromatic rings. The van der Waals surface area contributed by atoms with Gasteiger partial charge in [-0.2, -0.15) is 5.10 Å². The van der Waals surface area contributed by atoms with Gasteiger partial charge in [0.15, 0.2) is 0 Å². The van der Waals surface area contributed by atoms with Crippen molar-refractivity contribution in [1.82, 2.24) is 15.1 Å². The maximum Gasteiger partial charge on any atom is 0.258 e. The number of aromatic nitrogens is 2. The van der Waals surface area contributed by atoms with Crippen LogP contribution in [0.15, 0.2) is 54.9 Å². The van der Waals surface area contributed by atoms with Crippen LogP contribution in [0.4, 0.5) is 5.69 Å². The summed E-state index contributed by atoms with van der Waals surface area (Å²) < 4.78 is 1.58. The number of amides is 2. The first-order valence-electron chi connectivity index (χ1n) is 7.63. The van der Waals surface area contributed by atoms with Gasteiger partial charge in [0, 0.05) is 29.0 Å². The SMILES string of the molecule is O=C(Nc1ccc2c(c1)C(=O)NC2)c1cnn(-c2cccc(Cl)c2)c1. The number of benzene rings is 2. The maximum absolute atomic E-state index is 12.4. The molecule has 0 fully saturated rings. The fraction of sp³-hybridized carbons (Fsp3) is 0.0556. The number of halogens is 1. The van der Waals surface area contributed by atoms with Crippen LogP contribution in [0.25, 0.3) is 5.69 Å². The van der Waals surface area contributed by atoms with Crippen LogP contribution in [-0.2, 0) is 6.54 Å². The van der Waals surface area contributed by atoms with Crippen molar-refractivity contribution in [1.29, 1.82) is 0 Å². The lowest BCUT2D eigenvalue weighted by Crippen LogP contribution is -2.13. The smallest absolute Gasteiger partial charge is 0.258 e. The van der Waals surface area contributed by atoms with E-state index in [1.807, 2.05) is 18.2 Å². The van der Waals surface area contributed by atoms with Crippen LogP contribution in [0, 0.1) is 0 Å². The second-order valence-electron chi connectivity index (χ2n) is 5.66. The number of carbonyl (C=O) groups is 2. The molecular weight excluding hydrogens is 340 g/mol. The van der Waals surface area contributed by atoms with E-state index in [-0.39, 0.29) is 11.8 Å². The van der Waals surface area contributed by atoms with Gasteiger partial charge in [0.1, 0.15) is 0 Å². The van der Waals surface area contributed by atoms with Crippen molar-refractivity contribution in [3.05, 3.63) is 76.6 Å². The minimum absolute atomic E-state index is 0.125. The average molecular weight is 353 g/mol. The van der Waals surface area contributed by atoms with Crippen LogP contribution in [0.2, 0.25) is 5.02 Å². The lowest BCUT2D eigenvalue weighted by atomic mass is 10.1. The summed E-state index contributed by atoms with van der Waals surface area (Å²) in [5, 5.41) is 10.3. The summed E-state index contributed by atoms with van der Waals surface area (Å²) >= 11 is 5.98. The zero-order chi connectivity index (χ0) is 17.4. The van der Waals surface area contributed by atoms with Crippen LogP contribution >= 0.6 is 11.6 Å². The summed E-state index contributed by atoms with van der Waals surface area (Å²) in [7, 11) is 0. The molecule has 1 aliphatic heterocycles. The van der Waals surface area contributed by atoms with Gasteiger partial charge in [0.25, 0.3) is 11.8 Å². The third-order valence-corrected chi connectivity index (χ3v) is 4.20. The normalized spacial score (nSPS) is 12.6. The molecular formula is C18H13ClN4O2. The number of nitrogens with zero attached hydrogens (tertiary/aromatic N) is 2. The Balaban J connectivity index is 1.54. The van der Waals surface area contributed by atoms with Gasteiger partial charge in [-0.3, -0.25) is 9.59 Å². The van der Waals surface area contributed by atoms with Crippen molar-refractivity contribution >= 4 is 29.1 Å². The summed E-state index contributed by atoms with van der Waals surface area (Å²) in [6, 6.07) is 12.5. The second kappa shape index (κ2) is 6.07. The number of hydrogen-bond acceptors (Lipinski definition) is 3. The van der Waals surface area contributed by atoms with Crippen LogP contribution < -0.4 is 10.6 Å². The fourth-order valence-electron chi connectivity index (χ4n) is 2.69. The van der Waals surface area contributed by atoms with E-state index in [4.69, 9.17) is 11.6 Å². The Morgan fingerprint density at radius 2 is 2.12 bits per heavy atom. The van der Waals surface area contributed by atoms with Crippen molar-refractivity contribution in [3.63, 3.8) is 0 Å². The number of rotatable bonds is 3. The first-order chi connectivity index (χ1) is 12.1. The van der Waals surface area contributed by atoms with E-state index in [2.05, 4.69) is 15.7 Å². The standard InChI is InChI=1S/C18H13ClN4O2/c19-13-2-1-3-15(6-13)23-10-12(9-21-23)17(24)22-14-5-4-11-8-20-18(25)16(11)7-14/h1-7,9-10H,8H2,(H,20,25)(H,22,24). The molecule has 2 aromatic carbocycles. The Labute approximate surface area is 148 Å². The van der Waals surface area contributed by atoms with Crippen LogP contribution in [0.5, 0.6) is 0 Å². The number of anilines is 1. The molecule has 2 amide bonds. The van der Waals surface area contributed by atoms with E-state index < -0.39 is 0 Å². The largest absolute Gasteiger partial charge is 0.348 e. The van der Waals surface area contributed by atoms with Crippen molar-refractivity contribution < 1.29 is 9.59 Å². The molecule has 0 spiro atoms. The zero-order valence-electron chi connectivity index (χ0n) is 13.0. The van der Waals surface area contributed by atoms with E-state index in [1.165, 1.54) is 6.20 Å². The average Bonchev–Trinajstić information content (AvgIpc) is 3.23. The Kier molecular flexibility index (Phi) is 3.74. The highest BCUT2D eigenvalue weighted by atomic mass is 35.5. The molecule has 0 unspecified atom stereocenters. The molecule has 4 rings (SSSR count). The highest BCUT2D eigenvalue weighted by molar-refractivity contribution is 6.30. The number of nitrogens with one attached hydrogen (secondary N) is 2. The number of fused-ring (bicyclic) bond motifs is 1. The second-order valence-corrected chi connectivity index (χ2v) is 6.10. The molecule has 2 N–H and O–H groups in total. The third-order valence-electron chi connectivity index (χ3n) is 3.97. The number of carbonyl (C=O) groups excluding carboxylic acids is 2. The highest BCUT2D eigenvalue weighted by Gasteiger charge is 2.19. The summed E-state index contributed by atoms with van der Waals surface area (Å²) in [5.74, 6) is -0.425. The van der Waals surface area contributed by atoms with Crippen LogP contribution in [0.1, 0.15) is 26.3 Å². The van der Waals surface area contributed by atoms with Gasteiger partial charge in [0.05, 0.1) is 17.4 Å². The topological polar surface area (TPSA) is 76.0 Å². The lowest BCUT2D eigenvalue weighted by Gasteiger charge is -2.05. The molecule has 124 valence electrons. The monoisotopic (exact) mass is 352 g/mol. The quantitative estimate of drug-likeness (QED) is 0.760. The Bertz CT molecular complexity index is 996. The summed E-state index contributed by atoms with van der Waals surface area (Å²) in [6.07, 6.45) is 3.11. The Hall–Kier alpha value is -3.12. The van der Waals surface area contributed by atoms with E-state index in [0.717, 1.165) is 11.3 Å². The van der Waals surface area contributed by atoms with E-state index >= 15 is 0 Å². The molecule has 0 bridgehead atoms. The fourth-order valence-corrected chi connectivity index (χ4v) is 2.88. The minimum atomic E-state index is -0.299. The lowest BCUT2D eigenvalue weighted by molar-refractivity contribution is 0.0964. The Morgan fingerprint density at radius 3 is 2.96 bits per heavy atom. The van der Waals surface area contributed by atoms with Crippen molar-refractivity contribution in [2.24, 2.45) is 0 Å². The molecule has 1 aromatic heterocycles. The van der Waals surface area contributed by atoms with Crippen LogP contribution in [-0.4, -0.2) is 21.6 Å². The number of hydrogen-bond donors (Lipinski definition) is 2.